The highest BCUT2D eigenvalue weighted by molar-refractivity contribution is 6.05. The van der Waals surface area contributed by atoms with Crippen LogP contribution in [-0.4, -0.2) is 30.0 Å². The summed E-state index contributed by atoms with van der Waals surface area (Å²) in [6, 6.07) is 28.6. The van der Waals surface area contributed by atoms with E-state index in [1.165, 1.54) is 0 Å². The number of esters is 1. The van der Waals surface area contributed by atoms with E-state index in [0.29, 0.717) is 28.7 Å². The molecule has 31 heavy (non-hydrogen) atoms. The molecule has 0 fully saturated rings. The lowest BCUT2D eigenvalue weighted by atomic mass is 10.0. The second kappa shape index (κ2) is 9.67. The molecule has 5 heteroatoms. The van der Waals surface area contributed by atoms with Crippen LogP contribution < -0.4 is 5.32 Å². The van der Waals surface area contributed by atoms with Gasteiger partial charge in [0.05, 0.1) is 16.8 Å². The van der Waals surface area contributed by atoms with Crippen molar-refractivity contribution in [3.05, 3.63) is 102 Å². The molecule has 0 unspecified atom stereocenters. The lowest BCUT2D eigenvalue weighted by molar-refractivity contribution is -0.124. The summed E-state index contributed by atoms with van der Waals surface area (Å²) in [6.07, 6.45) is 0.718. The number of aromatic nitrogens is 1. The highest BCUT2D eigenvalue weighted by Gasteiger charge is 2.16. The van der Waals surface area contributed by atoms with Crippen molar-refractivity contribution >= 4 is 22.8 Å². The average Bonchev–Trinajstić information content (AvgIpc) is 2.83. The van der Waals surface area contributed by atoms with Gasteiger partial charge in [0.25, 0.3) is 5.91 Å². The Morgan fingerprint density at radius 2 is 1.52 bits per heavy atom. The molecule has 3 aromatic carbocycles. The summed E-state index contributed by atoms with van der Waals surface area (Å²) < 4.78 is 5.31. The van der Waals surface area contributed by atoms with Crippen molar-refractivity contribution in [2.75, 3.05) is 13.2 Å². The summed E-state index contributed by atoms with van der Waals surface area (Å²) in [5.74, 6) is -0.875. The zero-order valence-electron chi connectivity index (χ0n) is 17.0. The number of amides is 1. The smallest absolute Gasteiger partial charge is 0.339 e. The van der Waals surface area contributed by atoms with Gasteiger partial charge in [-0.3, -0.25) is 4.79 Å². The van der Waals surface area contributed by atoms with Crippen LogP contribution in [0.4, 0.5) is 0 Å². The first kappa shape index (κ1) is 20.3. The molecule has 1 N–H and O–H groups in total. The van der Waals surface area contributed by atoms with Crippen LogP contribution in [-0.2, 0) is 16.0 Å². The molecular weight excluding hydrogens is 388 g/mol. The number of carbonyl (C=O) groups is 2. The van der Waals surface area contributed by atoms with Gasteiger partial charge in [-0.1, -0.05) is 78.9 Å². The minimum absolute atomic E-state index is 0.328. The van der Waals surface area contributed by atoms with Crippen molar-refractivity contribution in [1.29, 1.82) is 0 Å². The van der Waals surface area contributed by atoms with Gasteiger partial charge in [-0.15, -0.1) is 0 Å². The van der Waals surface area contributed by atoms with Crippen LogP contribution in [0.2, 0.25) is 0 Å². The maximum absolute atomic E-state index is 12.8. The standard InChI is InChI=1S/C26H22N2O3/c29-25(27-16-15-19-9-3-1-4-10-19)18-31-26(30)22-17-24(20-11-5-2-6-12-20)28-23-14-8-7-13-21(22)23/h1-14,17H,15-16,18H2,(H,27,29). The molecule has 1 amide bonds. The lowest BCUT2D eigenvalue weighted by Gasteiger charge is -2.10. The van der Waals surface area contributed by atoms with E-state index in [1.54, 1.807) is 6.07 Å². The first-order valence-electron chi connectivity index (χ1n) is 10.1. The normalized spacial score (nSPS) is 10.6. The summed E-state index contributed by atoms with van der Waals surface area (Å²) in [4.78, 5) is 29.6. The Hall–Kier alpha value is -3.99. The molecule has 5 nitrogen and oxygen atoms in total. The molecule has 0 aliphatic carbocycles. The fraction of sp³-hybridized carbons (Fsp3) is 0.115. The van der Waals surface area contributed by atoms with Crippen molar-refractivity contribution in [3.63, 3.8) is 0 Å². The van der Waals surface area contributed by atoms with E-state index >= 15 is 0 Å². The van der Waals surface area contributed by atoms with Gasteiger partial charge in [0.15, 0.2) is 6.61 Å². The van der Waals surface area contributed by atoms with E-state index in [1.807, 2.05) is 84.9 Å². The molecule has 0 saturated carbocycles. The van der Waals surface area contributed by atoms with Crippen LogP contribution in [0.25, 0.3) is 22.2 Å². The van der Waals surface area contributed by atoms with E-state index in [0.717, 1.165) is 17.5 Å². The van der Waals surface area contributed by atoms with E-state index in [-0.39, 0.29) is 12.5 Å². The number of pyridine rings is 1. The topological polar surface area (TPSA) is 68.3 Å². The number of nitrogens with one attached hydrogen (secondary N) is 1. The van der Waals surface area contributed by atoms with Crippen LogP contribution in [0.3, 0.4) is 0 Å². The minimum Gasteiger partial charge on any atom is -0.452 e. The predicted octanol–water partition coefficient (Wildman–Crippen LogP) is 4.42. The first-order valence-corrected chi connectivity index (χ1v) is 10.1. The van der Waals surface area contributed by atoms with Gasteiger partial charge in [-0.2, -0.15) is 0 Å². The minimum atomic E-state index is -0.547. The van der Waals surface area contributed by atoms with Gasteiger partial charge in [0.1, 0.15) is 0 Å². The van der Waals surface area contributed by atoms with E-state index in [4.69, 9.17) is 4.74 Å². The number of ether oxygens (including phenoxy) is 1. The van der Waals surface area contributed by atoms with Crippen LogP contribution in [0.1, 0.15) is 15.9 Å². The van der Waals surface area contributed by atoms with Crippen LogP contribution in [0.15, 0.2) is 91.0 Å². The van der Waals surface area contributed by atoms with Crippen LogP contribution in [0.5, 0.6) is 0 Å². The Bertz CT molecular complexity index is 1190. The van der Waals surface area contributed by atoms with Gasteiger partial charge in [-0.05, 0) is 24.1 Å². The molecule has 0 bridgehead atoms. The Kier molecular flexibility index (Phi) is 6.33. The molecule has 0 atom stereocenters. The Balaban J connectivity index is 1.44. The highest BCUT2D eigenvalue weighted by atomic mass is 16.5. The monoisotopic (exact) mass is 410 g/mol. The number of benzene rings is 3. The molecule has 1 heterocycles. The average molecular weight is 410 g/mol. The number of hydrogen-bond acceptors (Lipinski definition) is 4. The second-order valence-electron chi connectivity index (χ2n) is 7.10. The molecule has 4 aromatic rings. The van der Waals surface area contributed by atoms with Crippen molar-refractivity contribution in [3.8, 4) is 11.3 Å². The molecule has 0 aliphatic rings. The molecule has 0 aliphatic heterocycles. The van der Waals surface area contributed by atoms with Crippen molar-refractivity contribution in [1.82, 2.24) is 10.3 Å². The first-order chi connectivity index (χ1) is 15.2. The fourth-order valence-electron chi connectivity index (χ4n) is 3.35. The third kappa shape index (κ3) is 5.14. The van der Waals surface area contributed by atoms with Gasteiger partial charge in [0.2, 0.25) is 0 Å². The van der Waals surface area contributed by atoms with Gasteiger partial charge in [0, 0.05) is 17.5 Å². The van der Waals surface area contributed by atoms with Crippen LogP contribution in [0, 0.1) is 0 Å². The Labute approximate surface area is 180 Å². The summed E-state index contributed by atoms with van der Waals surface area (Å²) in [6.45, 7) is 0.154. The molecular formula is C26H22N2O3. The number of carbonyl (C=O) groups excluding carboxylic acids is 2. The summed E-state index contributed by atoms with van der Waals surface area (Å²) in [5.41, 5.74) is 3.81. The molecule has 1 aromatic heterocycles. The summed E-state index contributed by atoms with van der Waals surface area (Å²) in [7, 11) is 0. The number of nitrogens with zero attached hydrogens (tertiary/aromatic N) is 1. The van der Waals surface area contributed by atoms with Crippen molar-refractivity contribution < 1.29 is 14.3 Å². The molecule has 0 saturated heterocycles. The summed E-state index contributed by atoms with van der Waals surface area (Å²) >= 11 is 0. The quantitative estimate of drug-likeness (QED) is 0.458. The largest absolute Gasteiger partial charge is 0.452 e. The molecule has 0 spiro atoms. The number of rotatable bonds is 7. The van der Waals surface area contributed by atoms with Gasteiger partial charge in [-0.25, -0.2) is 9.78 Å². The zero-order chi connectivity index (χ0) is 21.5. The van der Waals surface area contributed by atoms with E-state index < -0.39 is 5.97 Å². The fourth-order valence-corrected chi connectivity index (χ4v) is 3.35. The van der Waals surface area contributed by atoms with Gasteiger partial charge >= 0.3 is 5.97 Å². The third-order valence-electron chi connectivity index (χ3n) is 4.92. The van der Waals surface area contributed by atoms with E-state index in [2.05, 4.69) is 10.3 Å². The molecule has 4 rings (SSSR count). The molecule has 154 valence electrons. The predicted molar refractivity (Wildman–Crippen MR) is 121 cm³/mol. The van der Waals surface area contributed by atoms with E-state index in [9.17, 15) is 9.59 Å². The molecule has 0 radical (unpaired) electrons. The second-order valence-corrected chi connectivity index (χ2v) is 7.10. The van der Waals surface area contributed by atoms with Crippen molar-refractivity contribution in [2.45, 2.75) is 6.42 Å². The van der Waals surface area contributed by atoms with Crippen molar-refractivity contribution in [2.24, 2.45) is 0 Å². The maximum Gasteiger partial charge on any atom is 0.339 e. The number of para-hydroxylation sites is 1. The zero-order valence-corrected chi connectivity index (χ0v) is 17.0. The third-order valence-corrected chi connectivity index (χ3v) is 4.92. The summed E-state index contributed by atoms with van der Waals surface area (Å²) in [5, 5.41) is 3.48. The highest BCUT2D eigenvalue weighted by Crippen LogP contribution is 2.25. The van der Waals surface area contributed by atoms with Gasteiger partial charge < -0.3 is 10.1 Å². The maximum atomic E-state index is 12.8. The number of fused-ring (bicyclic) bond motifs is 1. The Morgan fingerprint density at radius 1 is 0.839 bits per heavy atom. The lowest BCUT2D eigenvalue weighted by Crippen LogP contribution is -2.30. The SMILES string of the molecule is O=C(COC(=O)c1cc(-c2ccccc2)nc2ccccc12)NCCc1ccccc1. The number of hydrogen-bond donors (Lipinski definition) is 1. The Morgan fingerprint density at radius 3 is 2.29 bits per heavy atom. The van der Waals surface area contributed by atoms with Crippen LogP contribution >= 0.6 is 0 Å².